The Labute approximate surface area is 71.0 Å². The Morgan fingerprint density at radius 3 is 2.92 bits per heavy atom. The van der Waals surface area contributed by atoms with Crippen molar-refractivity contribution in [2.24, 2.45) is 5.73 Å². The summed E-state index contributed by atoms with van der Waals surface area (Å²) < 4.78 is 0. The minimum atomic E-state index is 0.352. The van der Waals surface area contributed by atoms with E-state index in [1.807, 2.05) is 6.92 Å². The molecule has 0 saturated carbocycles. The van der Waals surface area contributed by atoms with E-state index < -0.39 is 0 Å². The lowest BCUT2D eigenvalue weighted by molar-refractivity contribution is 0.139. The van der Waals surface area contributed by atoms with Crippen molar-refractivity contribution < 1.29 is 0 Å². The van der Waals surface area contributed by atoms with Gasteiger partial charge in [-0.1, -0.05) is 0 Å². The quantitative estimate of drug-likeness (QED) is 0.608. The zero-order valence-electron chi connectivity index (χ0n) is 7.12. The molecule has 1 aromatic rings. The van der Waals surface area contributed by atoms with E-state index in [0.717, 1.165) is 31.3 Å². The number of hydrogen-bond donors (Lipinski definition) is 2. The third kappa shape index (κ3) is 1.46. The number of H-pyrrole nitrogens is 1. The van der Waals surface area contributed by atoms with Crippen LogP contribution in [0.2, 0.25) is 0 Å². The normalized spacial score (nSPS) is 19.5. The maximum absolute atomic E-state index is 5.64. The van der Waals surface area contributed by atoms with Crippen LogP contribution in [0.4, 0.5) is 0 Å². The van der Waals surface area contributed by atoms with Crippen LogP contribution in [0, 0.1) is 6.92 Å². The van der Waals surface area contributed by atoms with Crippen LogP contribution in [0.3, 0.4) is 0 Å². The molecule has 0 aliphatic carbocycles. The predicted molar refractivity (Wildman–Crippen MR) is 44.4 cm³/mol. The second-order valence-corrected chi connectivity index (χ2v) is 3.29. The first kappa shape index (κ1) is 7.70. The van der Waals surface area contributed by atoms with E-state index in [0.29, 0.717) is 6.04 Å². The average molecular weight is 167 g/mol. The molecular weight excluding hydrogens is 154 g/mol. The van der Waals surface area contributed by atoms with Gasteiger partial charge < -0.3 is 5.73 Å². The molecule has 5 nitrogen and oxygen atoms in total. The van der Waals surface area contributed by atoms with Crippen molar-refractivity contribution in [2.75, 3.05) is 13.1 Å². The van der Waals surface area contributed by atoms with E-state index in [4.69, 9.17) is 5.73 Å². The van der Waals surface area contributed by atoms with Crippen LogP contribution in [-0.2, 0) is 6.54 Å². The number of aryl methyl sites for hydroxylation is 1. The number of nitrogens with two attached hydrogens (primary N) is 1. The first-order valence-corrected chi connectivity index (χ1v) is 4.10. The first-order chi connectivity index (χ1) is 5.74. The summed E-state index contributed by atoms with van der Waals surface area (Å²) in [6.07, 6.45) is 0. The molecule has 0 radical (unpaired) electrons. The highest BCUT2D eigenvalue weighted by molar-refractivity contribution is 4.91. The highest BCUT2D eigenvalue weighted by Gasteiger charge is 2.23. The SMILES string of the molecule is Cc1nc(CN2CC(N)C2)n[nH]1. The zero-order chi connectivity index (χ0) is 8.55. The molecule has 0 spiro atoms. The number of nitrogens with zero attached hydrogens (tertiary/aromatic N) is 3. The Morgan fingerprint density at radius 2 is 2.42 bits per heavy atom. The van der Waals surface area contributed by atoms with Crippen molar-refractivity contribution >= 4 is 0 Å². The van der Waals surface area contributed by atoms with Gasteiger partial charge in [-0.05, 0) is 6.92 Å². The highest BCUT2D eigenvalue weighted by atomic mass is 15.3. The molecule has 0 bridgehead atoms. The van der Waals surface area contributed by atoms with Crippen LogP contribution in [0.5, 0.6) is 0 Å². The van der Waals surface area contributed by atoms with Gasteiger partial charge in [0, 0.05) is 19.1 Å². The van der Waals surface area contributed by atoms with Crippen molar-refractivity contribution in [1.29, 1.82) is 0 Å². The molecular formula is C7H13N5. The fourth-order valence-corrected chi connectivity index (χ4v) is 1.40. The van der Waals surface area contributed by atoms with E-state index in [9.17, 15) is 0 Å². The topological polar surface area (TPSA) is 70.8 Å². The van der Waals surface area contributed by atoms with Gasteiger partial charge in [0.2, 0.25) is 0 Å². The third-order valence-electron chi connectivity index (χ3n) is 1.99. The van der Waals surface area contributed by atoms with Crippen molar-refractivity contribution in [3.8, 4) is 0 Å². The van der Waals surface area contributed by atoms with Gasteiger partial charge in [0.1, 0.15) is 5.82 Å². The number of rotatable bonds is 2. The minimum absolute atomic E-state index is 0.352. The van der Waals surface area contributed by atoms with Crippen LogP contribution in [0.1, 0.15) is 11.6 Å². The molecule has 0 amide bonds. The molecule has 1 fully saturated rings. The van der Waals surface area contributed by atoms with Gasteiger partial charge in [-0.3, -0.25) is 10.00 Å². The lowest BCUT2D eigenvalue weighted by atomic mass is 10.1. The second-order valence-electron chi connectivity index (χ2n) is 3.29. The number of aromatic nitrogens is 3. The zero-order valence-corrected chi connectivity index (χ0v) is 7.12. The monoisotopic (exact) mass is 167 g/mol. The molecule has 5 heteroatoms. The summed E-state index contributed by atoms with van der Waals surface area (Å²) in [5.41, 5.74) is 5.64. The van der Waals surface area contributed by atoms with E-state index in [-0.39, 0.29) is 0 Å². The maximum atomic E-state index is 5.64. The average Bonchev–Trinajstić information content (AvgIpc) is 2.33. The van der Waals surface area contributed by atoms with E-state index in [1.165, 1.54) is 0 Å². The fraction of sp³-hybridized carbons (Fsp3) is 0.714. The van der Waals surface area contributed by atoms with Gasteiger partial charge in [-0.2, -0.15) is 5.10 Å². The maximum Gasteiger partial charge on any atom is 0.164 e. The molecule has 0 atom stereocenters. The minimum Gasteiger partial charge on any atom is -0.325 e. The van der Waals surface area contributed by atoms with E-state index >= 15 is 0 Å². The van der Waals surface area contributed by atoms with Crippen molar-refractivity contribution in [2.45, 2.75) is 19.5 Å². The lowest BCUT2D eigenvalue weighted by Crippen LogP contribution is -2.55. The van der Waals surface area contributed by atoms with Crippen LogP contribution in [0.15, 0.2) is 0 Å². The standard InChI is InChI=1S/C7H13N5/c1-5-9-7(11-10-5)4-12-2-6(8)3-12/h6H,2-4,8H2,1H3,(H,9,10,11). The summed E-state index contributed by atoms with van der Waals surface area (Å²) >= 11 is 0. The van der Waals surface area contributed by atoms with Gasteiger partial charge >= 0.3 is 0 Å². The van der Waals surface area contributed by atoms with Gasteiger partial charge in [0.25, 0.3) is 0 Å². The molecule has 0 aromatic carbocycles. The molecule has 1 aliphatic heterocycles. The van der Waals surface area contributed by atoms with Crippen molar-refractivity contribution in [3.05, 3.63) is 11.6 Å². The van der Waals surface area contributed by atoms with Gasteiger partial charge in [-0.25, -0.2) is 4.98 Å². The van der Waals surface area contributed by atoms with Gasteiger partial charge in [0.15, 0.2) is 5.82 Å². The van der Waals surface area contributed by atoms with E-state index in [2.05, 4.69) is 20.1 Å². The first-order valence-electron chi connectivity index (χ1n) is 4.10. The van der Waals surface area contributed by atoms with Crippen LogP contribution < -0.4 is 5.73 Å². The number of aromatic amines is 1. The van der Waals surface area contributed by atoms with Crippen molar-refractivity contribution in [3.63, 3.8) is 0 Å². The third-order valence-corrected chi connectivity index (χ3v) is 1.99. The molecule has 2 heterocycles. The van der Waals surface area contributed by atoms with E-state index in [1.54, 1.807) is 0 Å². The molecule has 0 unspecified atom stereocenters. The lowest BCUT2D eigenvalue weighted by Gasteiger charge is -2.35. The Bertz CT molecular complexity index is 263. The highest BCUT2D eigenvalue weighted by Crippen LogP contribution is 2.08. The summed E-state index contributed by atoms with van der Waals surface area (Å²) in [7, 11) is 0. The summed E-state index contributed by atoms with van der Waals surface area (Å²) in [4.78, 5) is 6.44. The summed E-state index contributed by atoms with van der Waals surface area (Å²) in [6, 6.07) is 0.352. The van der Waals surface area contributed by atoms with Crippen molar-refractivity contribution in [1.82, 2.24) is 20.1 Å². The molecule has 1 aliphatic rings. The summed E-state index contributed by atoms with van der Waals surface area (Å²) in [5.74, 6) is 1.73. The Kier molecular flexibility index (Phi) is 1.82. The number of nitrogens with one attached hydrogen (secondary N) is 1. The number of hydrogen-bond acceptors (Lipinski definition) is 4. The number of likely N-dealkylation sites (tertiary alicyclic amines) is 1. The smallest absolute Gasteiger partial charge is 0.164 e. The largest absolute Gasteiger partial charge is 0.325 e. The molecule has 1 saturated heterocycles. The Balaban J connectivity index is 1.88. The Hall–Kier alpha value is -0.940. The molecule has 1 aromatic heterocycles. The molecule has 2 rings (SSSR count). The Morgan fingerprint density at radius 1 is 1.67 bits per heavy atom. The van der Waals surface area contributed by atoms with Crippen LogP contribution in [-0.4, -0.2) is 39.2 Å². The van der Waals surface area contributed by atoms with Gasteiger partial charge in [-0.15, -0.1) is 0 Å². The summed E-state index contributed by atoms with van der Waals surface area (Å²) in [5, 5.41) is 6.86. The second kappa shape index (κ2) is 2.84. The fourth-order valence-electron chi connectivity index (χ4n) is 1.40. The van der Waals surface area contributed by atoms with Crippen LogP contribution >= 0.6 is 0 Å². The van der Waals surface area contributed by atoms with Gasteiger partial charge in [0.05, 0.1) is 6.54 Å². The molecule has 66 valence electrons. The summed E-state index contributed by atoms with van der Waals surface area (Å²) in [6.45, 7) is 4.65. The molecule has 3 N–H and O–H groups in total. The molecule has 12 heavy (non-hydrogen) atoms. The van der Waals surface area contributed by atoms with Crippen LogP contribution in [0.25, 0.3) is 0 Å². The predicted octanol–water partition coefficient (Wildman–Crippen LogP) is -0.744.